The molecule has 0 amide bonds. The molecule has 0 saturated heterocycles. The first-order valence-corrected chi connectivity index (χ1v) is 6.92. The number of ketones is 1. The number of benzene rings is 1. The van der Waals surface area contributed by atoms with E-state index in [0.717, 1.165) is 36.2 Å². The van der Waals surface area contributed by atoms with Gasteiger partial charge in [-0.2, -0.15) is 15.4 Å². The summed E-state index contributed by atoms with van der Waals surface area (Å²) in [5.74, 6) is 0.189. The van der Waals surface area contributed by atoms with E-state index in [9.17, 15) is 4.79 Å². The smallest absolute Gasteiger partial charge is 0.162 e. The second kappa shape index (κ2) is 8.98. The van der Waals surface area contributed by atoms with Crippen LogP contribution in [-0.4, -0.2) is 27.7 Å². The van der Waals surface area contributed by atoms with Crippen LogP contribution in [0.5, 0.6) is 0 Å². The summed E-state index contributed by atoms with van der Waals surface area (Å²) < 4.78 is 0. The number of carbonyl (C=O) groups excluding carboxylic acids is 1. The highest BCUT2D eigenvalue weighted by Crippen LogP contribution is 2.16. The van der Waals surface area contributed by atoms with Crippen molar-refractivity contribution in [1.82, 2.24) is 15.4 Å². The first kappa shape index (κ1) is 16.0. The Morgan fingerprint density at radius 1 is 1.20 bits per heavy atom. The molecule has 3 N–H and O–H groups in total. The molecule has 0 spiro atoms. The van der Waals surface area contributed by atoms with Gasteiger partial charge in [0.05, 0.1) is 6.20 Å². The Kier molecular flexibility index (Phi) is 7.21. The van der Waals surface area contributed by atoms with Crippen molar-refractivity contribution in [2.24, 2.45) is 5.73 Å². The monoisotopic (exact) mass is 274 g/mol. The van der Waals surface area contributed by atoms with Gasteiger partial charge in [0.15, 0.2) is 5.78 Å². The molecule has 0 aliphatic rings. The molecule has 0 radical (unpaired) electrons. The highest BCUT2D eigenvalue weighted by molar-refractivity contribution is 5.96. The van der Waals surface area contributed by atoms with Crippen molar-refractivity contribution in [3.8, 4) is 11.3 Å². The number of hydrogen-bond donors (Lipinski definition) is 2. The summed E-state index contributed by atoms with van der Waals surface area (Å²) in [5.41, 5.74) is 7.53. The Morgan fingerprint density at radius 2 is 1.85 bits per heavy atom. The molecular formula is C15H22N4O. The van der Waals surface area contributed by atoms with E-state index in [1.807, 2.05) is 31.2 Å². The van der Waals surface area contributed by atoms with Gasteiger partial charge in [0, 0.05) is 17.5 Å². The molecule has 1 heterocycles. The Balaban J connectivity index is 0.000000444. The summed E-state index contributed by atoms with van der Waals surface area (Å²) in [7, 11) is 0. The lowest BCUT2D eigenvalue weighted by molar-refractivity contribution is 0.0982. The van der Waals surface area contributed by atoms with E-state index in [1.165, 1.54) is 0 Å². The Labute approximate surface area is 119 Å². The number of rotatable bonds is 5. The van der Waals surface area contributed by atoms with E-state index >= 15 is 0 Å². The SMILES string of the molecule is CCCC(=O)c1ccc(-c2cn[nH]n2)cc1.CCCN. The number of H-pyrrole nitrogens is 1. The van der Waals surface area contributed by atoms with Gasteiger partial charge < -0.3 is 5.73 Å². The molecule has 0 saturated carbocycles. The van der Waals surface area contributed by atoms with E-state index in [2.05, 4.69) is 22.3 Å². The summed E-state index contributed by atoms with van der Waals surface area (Å²) in [6.07, 6.45) is 4.23. The van der Waals surface area contributed by atoms with Crippen LogP contribution in [0.1, 0.15) is 43.5 Å². The van der Waals surface area contributed by atoms with Crippen LogP contribution in [-0.2, 0) is 0 Å². The van der Waals surface area contributed by atoms with Crippen LogP contribution in [0.2, 0.25) is 0 Å². The molecule has 5 nitrogen and oxygen atoms in total. The van der Waals surface area contributed by atoms with E-state index in [-0.39, 0.29) is 5.78 Å². The van der Waals surface area contributed by atoms with Gasteiger partial charge in [-0.25, -0.2) is 0 Å². The maximum atomic E-state index is 11.6. The molecule has 5 heteroatoms. The fraction of sp³-hybridized carbons (Fsp3) is 0.400. The predicted molar refractivity (Wildman–Crippen MR) is 80.4 cm³/mol. The standard InChI is InChI=1S/C12H13N3O.C3H9N/c1-2-3-12(16)10-6-4-9(5-7-10)11-8-13-15-14-11;1-2-3-4/h4-8H,2-3H2,1H3,(H,13,14,15);2-4H2,1H3. The number of Topliss-reactive ketones (excluding diaryl/α,β-unsaturated/α-hetero) is 1. The minimum absolute atomic E-state index is 0.189. The van der Waals surface area contributed by atoms with Crippen LogP contribution >= 0.6 is 0 Å². The van der Waals surface area contributed by atoms with Crippen molar-refractivity contribution in [2.45, 2.75) is 33.1 Å². The molecule has 0 unspecified atom stereocenters. The van der Waals surface area contributed by atoms with E-state index in [1.54, 1.807) is 6.20 Å². The fourth-order valence-electron chi connectivity index (χ4n) is 1.54. The van der Waals surface area contributed by atoms with E-state index in [4.69, 9.17) is 5.73 Å². The van der Waals surface area contributed by atoms with Gasteiger partial charge in [-0.3, -0.25) is 4.79 Å². The van der Waals surface area contributed by atoms with Crippen LogP contribution in [0, 0.1) is 0 Å². The lowest BCUT2D eigenvalue weighted by atomic mass is 10.0. The number of carbonyl (C=O) groups is 1. The molecule has 2 rings (SSSR count). The number of nitrogens with zero attached hydrogens (tertiary/aromatic N) is 2. The Bertz CT molecular complexity index is 489. The lowest BCUT2D eigenvalue weighted by Crippen LogP contribution is -1.97. The fourth-order valence-corrected chi connectivity index (χ4v) is 1.54. The minimum Gasteiger partial charge on any atom is -0.330 e. The summed E-state index contributed by atoms with van der Waals surface area (Å²) >= 11 is 0. The van der Waals surface area contributed by atoms with Crippen LogP contribution in [0.25, 0.3) is 11.3 Å². The average Bonchev–Trinajstić information content (AvgIpc) is 3.02. The number of hydrogen-bond acceptors (Lipinski definition) is 4. The Hall–Kier alpha value is -2.01. The number of nitrogens with two attached hydrogens (primary N) is 1. The molecule has 2 aromatic rings. The van der Waals surface area contributed by atoms with Crippen molar-refractivity contribution in [2.75, 3.05) is 6.54 Å². The first-order valence-electron chi connectivity index (χ1n) is 6.92. The average molecular weight is 274 g/mol. The van der Waals surface area contributed by atoms with Crippen molar-refractivity contribution in [1.29, 1.82) is 0 Å². The van der Waals surface area contributed by atoms with Gasteiger partial charge in [-0.05, 0) is 19.4 Å². The summed E-state index contributed by atoms with van der Waals surface area (Å²) in [6, 6.07) is 7.45. The zero-order valence-corrected chi connectivity index (χ0v) is 12.1. The third kappa shape index (κ3) is 4.93. The van der Waals surface area contributed by atoms with Gasteiger partial charge in [0.25, 0.3) is 0 Å². The Morgan fingerprint density at radius 3 is 2.30 bits per heavy atom. The summed E-state index contributed by atoms with van der Waals surface area (Å²) in [4.78, 5) is 11.6. The topological polar surface area (TPSA) is 84.7 Å². The second-order valence-electron chi connectivity index (χ2n) is 4.39. The van der Waals surface area contributed by atoms with Crippen molar-refractivity contribution in [3.05, 3.63) is 36.0 Å². The van der Waals surface area contributed by atoms with Crippen molar-refractivity contribution < 1.29 is 4.79 Å². The van der Waals surface area contributed by atoms with Crippen molar-refractivity contribution in [3.63, 3.8) is 0 Å². The normalized spacial score (nSPS) is 9.75. The van der Waals surface area contributed by atoms with E-state index in [0.29, 0.717) is 6.42 Å². The molecule has 0 atom stereocenters. The summed E-state index contributed by atoms with van der Waals surface area (Å²) in [5, 5.41) is 10.3. The zero-order chi connectivity index (χ0) is 14.8. The van der Waals surface area contributed by atoms with E-state index < -0.39 is 0 Å². The lowest BCUT2D eigenvalue weighted by Gasteiger charge is -2.00. The predicted octanol–water partition coefficient (Wildman–Crippen LogP) is 2.81. The zero-order valence-electron chi connectivity index (χ0n) is 12.1. The van der Waals surface area contributed by atoms with Crippen molar-refractivity contribution >= 4 is 5.78 Å². The molecule has 1 aromatic carbocycles. The van der Waals surface area contributed by atoms with Gasteiger partial charge in [0.2, 0.25) is 0 Å². The van der Waals surface area contributed by atoms with Gasteiger partial charge in [-0.15, -0.1) is 0 Å². The molecule has 1 aromatic heterocycles. The third-order valence-electron chi connectivity index (χ3n) is 2.68. The number of aromatic amines is 1. The molecule has 0 bridgehead atoms. The van der Waals surface area contributed by atoms with Gasteiger partial charge in [-0.1, -0.05) is 38.1 Å². The quantitative estimate of drug-likeness (QED) is 0.821. The maximum absolute atomic E-state index is 11.6. The molecule has 0 aliphatic carbocycles. The van der Waals surface area contributed by atoms with Crippen LogP contribution in [0.15, 0.2) is 30.5 Å². The number of aromatic nitrogens is 3. The van der Waals surface area contributed by atoms with Crippen LogP contribution in [0.4, 0.5) is 0 Å². The molecule has 108 valence electrons. The highest BCUT2D eigenvalue weighted by Gasteiger charge is 2.05. The van der Waals surface area contributed by atoms with Crippen LogP contribution in [0.3, 0.4) is 0 Å². The molecular weight excluding hydrogens is 252 g/mol. The maximum Gasteiger partial charge on any atom is 0.162 e. The molecule has 20 heavy (non-hydrogen) atoms. The van der Waals surface area contributed by atoms with Crippen LogP contribution < -0.4 is 5.73 Å². The van der Waals surface area contributed by atoms with Gasteiger partial charge in [0.1, 0.15) is 5.69 Å². The summed E-state index contributed by atoms with van der Waals surface area (Å²) in [6.45, 7) is 4.88. The second-order valence-corrected chi connectivity index (χ2v) is 4.39. The molecule has 0 aliphatic heterocycles. The first-order chi connectivity index (χ1) is 9.72. The minimum atomic E-state index is 0.189. The highest BCUT2D eigenvalue weighted by atomic mass is 16.1. The van der Waals surface area contributed by atoms with Gasteiger partial charge >= 0.3 is 0 Å². The number of nitrogens with one attached hydrogen (secondary N) is 1. The third-order valence-corrected chi connectivity index (χ3v) is 2.68. The largest absolute Gasteiger partial charge is 0.330 e. The molecule has 0 fully saturated rings.